The Morgan fingerprint density at radius 2 is 2.04 bits per heavy atom. The first-order chi connectivity index (χ1) is 13.2. The average Bonchev–Trinajstić information content (AvgIpc) is 3.08. The van der Waals surface area contributed by atoms with Gasteiger partial charge in [0.1, 0.15) is 5.69 Å². The van der Waals surface area contributed by atoms with Gasteiger partial charge in [0, 0.05) is 24.4 Å². The van der Waals surface area contributed by atoms with Gasteiger partial charge < -0.3 is 14.8 Å². The van der Waals surface area contributed by atoms with E-state index in [0.29, 0.717) is 30.4 Å². The second kappa shape index (κ2) is 7.49. The molecule has 0 fully saturated rings. The number of hydrogen-bond donors (Lipinski definition) is 2. The van der Waals surface area contributed by atoms with E-state index in [2.05, 4.69) is 20.5 Å². The Labute approximate surface area is 156 Å². The number of ether oxygens (including phenoxy) is 2. The molecule has 1 amide bonds. The smallest absolute Gasteiger partial charge is 0.269 e. The summed E-state index contributed by atoms with van der Waals surface area (Å²) in [6.07, 6.45) is 4.26. The largest absolute Gasteiger partial charge is 0.490 e. The third kappa shape index (κ3) is 3.76. The number of benzene rings is 1. The van der Waals surface area contributed by atoms with E-state index in [1.54, 1.807) is 18.5 Å². The molecule has 3 aromatic rings. The van der Waals surface area contributed by atoms with Crippen molar-refractivity contribution in [3.63, 3.8) is 0 Å². The second-order valence-electron chi connectivity index (χ2n) is 6.36. The molecule has 1 aliphatic heterocycles. The van der Waals surface area contributed by atoms with Gasteiger partial charge in [0.25, 0.3) is 5.91 Å². The average molecular weight is 364 g/mol. The third-order valence-electron chi connectivity index (χ3n) is 4.40. The van der Waals surface area contributed by atoms with Crippen LogP contribution in [0.5, 0.6) is 11.5 Å². The Kier molecular flexibility index (Phi) is 4.74. The van der Waals surface area contributed by atoms with Gasteiger partial charge in [-0.25, -0.2) is 0 Å². The van der Waals surface area contributed by atoms with Gasteiger partial charge in [-0.2, -0.15) is 5.10 Å². The zero-order chi connectivity index (χ0) is 18.6. The number of nitrogens with zero attached hydrogens (tertiary/aromatic N) is 2. The molecule has 1 aromatic carbocycles. The van der Waals surface area contributed by atoms with E-state index in [1.165, 1.54) is 0 Å². The minimum Gasteiger partial charge on any atom is -0.490 e. The second-order valence-corrected chi connectivity index (χ2v) is 6.36. The van der Waals surface area contributed by atoms with Crippen molar-refractivity contribution in [3.8, 4) is 22.8 Å². The predicted octanol–water partition coefficient (Wildman–Crippen LogP) is 3.12. The summed E-state index contributed by atoms with van der Waals surface area (Å²) < 4.78 is 11.4. The summed E-state index contributed by atoms with van der Waals surface area (Å²) >= 11 is 0. The summed E-state index contributed by atoms with van der Waals surface area (Å²) in [6, 6.07) is 11.0. The van der Waals surface area contributed by atoms with Crippen LogP contribution in [0.3, 0.4) is 0 Å². The van der Waals surface area contributed by atoms with E-state index in [1.807, 2.05) is 37.3 Å². The third-order valence-corrected chi connectivity index (χ3v) is 4.40. The van der Waals surface area contributed by atoms with Crippen LogP contribution < -0.4 is 14.8 Å². The molecule has 2 N–H and O–H groups in total. The van der Waals surface area contributed by atoms with E-state index in [4.69, 9.17) is 9.47 Å². The molecule has 7 heteroatoms. The maximum Gasteiger partial charge on any atom is 0.269 e. The van der Waals surface area contributed by atoms with Crippen LogP contribution in [0.15, 0.2) is 48.8 Å². The van der Waals surface area contributed by atoms with Crippen LogP contribution in [0.25, 0.3) is 11.3 Å². The highest BCUT2D eigenvalue weighted by atomic mass is 16.5. The Hall–Kier alpha value is -3.35. The number of rotatable bonds is 4. The number of carbonyl (C=O) groups is 1. The summed E-state index contributed by atoms with van der Waals surface area (Å²) in [4.78, 5) is 16.6. The van der Waals surface area contributed by atoms with Crippen molar-refractivity contribution in [2.45, 2.75) is 19.4 Å². The highest BCUT2D eigenvalue weighted by Crippen LogP contribution is 2.32. The van der Waals surface area contributed by atoms with Crippen LogP contribution in [0.2, 0.25) is 0 Å². The SMILES string of the molecule is CC(NC(=O)c1cc(-c2cccnc2)n[nH]1)c1ccc2c(c1)OCCCO2. The van der Waals surface area contributed by atoms with Crippen molar-refractivity contribution in [1.29, 1.82) is 0 Å². The number of carbonyl (C=O) groups excluding carboxylic acids is 1. The molecule has 4 rings (SSSR count). The highest BCUT2D eigenvalue weighted by molar-refractivity contribution is 5.93. The monoisotopic (exact) mass is 364 g/mol. The minimum atomic E-state index is -0.225. The number of pyridine rings is 1. The number of aromatic nitrogens is 3. The molecule has 2 aromatic heterocycles. The van der Waals surface area contributed by atoms with Crippen LogP contribution in [0, 0.1) is 0 Å². The van der Waals surface area contributed by atoms with Crippen LogP contribution in [0.4, 0.5) is 0 Å². The van der Waals surface area contributed by atoms with Crippen molar-refractivity contribution in [2.24, 2.45) is 0 Å². The van der Waals surface area contributed by atoms with Gasteiger partial charge in [-0.1, -0.05) is 6.07 Å². The molecule has 138 valence electrons. The Bertz CT molecular complexity index is 939. The quantitative estimate of drug-likeness (QED) is 0.742. The molecule has 0 aliphatic carbocycles. The normalized spacial score (nSPS) is 14.3. The van der Waals surface area contributed by atoms with Crippen molar-refractivity contribution in [3.05, 3.63) is 60.0 Å². The molecule has 0 saturated carbocycles. The summed E-state index contributed by atoms with van der Waals surface area (Å²) in [6.45, 7) is 3.20. The maximum absolute atomic E-state index is 12.6. The summed E-state index contributed by atoms with van der Waals surface area (Å²) in [5.74, 6) is 1.23. The van der Waals surface area contributed by atoms with Crippen LogP contribution in [-0.4, -0.2) is 34.3 Å². The van der Waals surface area contributed by atoms with Gasteiger partial charge in [-0.3, -0.25) is 14.9 Å². The van der Waals surface area contributed by atoms with Gasteiger partial charge in [0.2, 0.25) is 0 Å². The molecule has 7 nitrogen and oxygen atoms in total. The van der Waals surface area contributed by atoms with Gasteiger partial charge in [0.05, 0.1) is 24.9 Å². The van der Waals surface area contributed by atoms with Crippen molar-refractivity contribution >= 4 is 5.91 Å². The number of amides is 1. The summed E-state index contributed by atoms with van der Waals surface area (Å²) in [7, 11) is 0. The standard InChI is InChI=1S/C20H20N4O3/c1-13(14-5-6-18-19(10-14)27-9-3-8-26-18)22-20(25)17-11-16(23-24-17)15-4-2-7-21-12-15/h2,4-7,10-13H,3,8-9H2,1H3,(H,22,25)(H,23,24). The first-order valence-corrected chi connectivity index (χ1v) is 8.87. The maximum atomic E-state index is 12.6. The lowest BCUT2D eigenvalue weighted by atomic mass is 10.1. The first-order valence-electron chi connectivity index (χ1n) is 8.87. The Morgan fingerprint density at radius 3 is 2.85 bits per heavy atom. The van der Waals surface area contributed by atoms with Crippen LogP contribution in [-0.2, 0) is 0 Å². The molecule has 0 saturated heterocycles. The fraction of sp³-hybridized carbons (Fsp3) is 0.250. The fourth-order valence-electron chi connectivity index (χ4n) is 2.91. The summed E-state index contributed by atoms with van der Waals surface area (Å²) in [5.41, 5.74) is 2.87. The molecule has 3 heterocycles. The molecule has 1 atom stereocenters. The molecule has 1 unspecified atom stereocenters. The van der Waals surface area contributed by atoms with E-state index in [9.17, 15) is 4.79 Å². The number of fused-ring (bicyclic) bond motifs is 1. The minimum absolute atomic E-state index is 0.195. The highest BCUT2D eigenvalue weighted by Gasteiger charge is 2.17. The first kappa shape index (κ1) is 17.1. The number of hydrogen-bond acceptors (Lipinski definition) is 5. The number of H-pyrrole nitrogens is 1. The molecule has 0 radical (unpaired) electrons. The van der Waals surface area contributed by atoms with Crippen molar-refractivity contribution < 1.29 is 14.3 Å². The Morgan fingerprint density at radius 1 is 1.19 bits per heavy atom. The van der Waals surface area contributed by atoms with Gasteiger partial charge in [-0.15, -0.1) is 0 Å². The van der Waals surface area contributed by atoms with Gasteiger partial charge >= 0.3 is 0 Å². The molecule has 1 aliphatic rings. The van der Waals surface area contributed by atoms with E-state index < -0.39 is 0 Å². The van der Waals surface area contributed by atoms with Gasteiger partial charge in [-0.05, 0) is 42.8 Å². The number of nitrogens with one attached hydrogen (secondary N) is 2. The molecule has 27 heavy (non-hydrogen) atoms. The van der Waals surface area contributed by atoms with Crippen LogP contribution in [0.1, 0.15) is 35.4 Å². The van der Waals surface area contributed by atoms with Crippen LogP contribution >= 0.6 is 0 Å². The lowest BCUT2D eigenvalue weighted by Crippen LogP contribution is -2.27. The number of aromatic amines is 1. The van der Waals surface area contributed by atoms with E-state index in [-0.39, 0.29) is 11.9 Å². The lowest BCUT2D eigenvalue weighted by Gasteiger charge is -2.16. The lowest BCUT2D eigenvalue weighted by molar-refractivity contribution is 0.0934. The fourth-order valence-corrected chi connectivity index (χ4v) is 2.91. The molecular formula is C20H20N4O3. The predicted molar refractivity (Wildman–Crippen MR) is 99.7 cm³/mol. The molecule has 0 spiro atoms. The topological polar surface area (TPSA) is 89.1 Å². The van der Waals surface area contributed by atoms with Crippen molar-refractivity contribution in [2.75, 3.05) is 13.2 Å². The zero-order valence-corrected chi connectivity index (χ0v) is 14.9. The molecular weight excluding hydrogens is 344 g/mol. The Balaban J connectivity index is 1.47. The van der Waals surface area contributed by atoms with Gasteiger partial charge in [0.15, 0.2) is 11.5 Å². The summed E-state index contributed by atoms with van der Waals surface area (Å²) in [5, 5.41) is 9.96. The van der Waals surface area contributed by atoms with E-state index >= 15 is 0 Å². The van der Waals surface area contributed by atoms with E-state index in [0.717, 1.165) is 23.3 Å². The van der Waals surface area contributed by atoms with Crippen molar-refractivity contribution in [1.82, 2.24) is 20.5 Å². The molecule has 0 bridgehead atoms. The zero-order valence-electron chi connectivity index (χ0n) is 14.9.